The highest BCUT2D eigenvalue weighted by molar-refractivity contribution is 5.94. The summed E-state index contributed by atoms with van der Waals surface area (Å²) in [5.41, 5.74) is 5.93. The lowest BCUT2D eigenvalue weighted by Gasteiger charge is -2.26. The van der Waals surface area contributed by atoms with Crippen LogP contribution in [0.4, 0.5) is 4.39 Å². The molecule has 0 heterocycles. The zero-order chi connectivity index (χ0) is 14.5. The summed E-state index contributed by atoms with van der Waals surface area (Å²) in [5.74, 6) is -0.773. The van der Waals surface area contributed by atoms with Crippen LogP contribution in [0, 0.1) is 5.82 Å². The molecule has 0 aliphatic heterocycles. The van der Waals surface area contributed by atoms with Crippen molar-refractivity contribution in [3.05, 3.63) is 29.6 Å². The molecule has 0 aromatic heterocycles. The maximum atomic E-state index is 13.5. The molecule has 0 fully saturated rings. The molecular weight excluding hydrogens is 247 g/mol. The van der Waals surface area contributed by atoms with E-state index < -0.39 is 11.4 Å². The summed E-state index contributed by atoms with van der Waals surface area (Å²) < 4.78 is 18.3. The van der Waals surface area contributed by atoms with Crippen LogP contribution in [0.3, 0.4) is 0 Å². The lowest BCUT2D eigenvalue weighted by Crippen LogP contribution is -2.49. The van der Waals surface area contributed by atoms with Crippen LogP contribution < -0.4 is 15.8 Å². The molecule has 4 nitrogen and oxygen atoms in total. The maximum absolute atomic E-state index is 13.5. The van der Waals surface area contributed by atoms with Gasteiger partial charge in [0, 0.05) is 17.6 Å². The first-order valence-electron chi connectivity index (χ1n) is 6.36. The predicted molar refractivity (Wildman–Crippen MR) is 72.8 cm³/mol. The second-order valence-corrected chi connectivity index (χ2v) is 4.60. The van der Waals surface area contributed by atoms with Crippen molar-refractivity contribution in [3.63, 3.8) is 0 Å². The minimum atomic E-state index is -0.555. The molecule has 1 aromatic carbocycles. The molecule has 0 spiro atoms. The Labute approximate surface area is 113 Å². The van der Waals surface area contributed by atoms with Crippen molar-refractivity contribution in [1.29, 1.82) is 0 Å². The van der Waals surface area contributed by atoms with E-state index in [0.29, 0.717) is 6.54 Å². The van der Waals surface area contributed by atoms with Crippen molar-refractivity contribution in [3.8, 4) is 5.75 Å². The topological polar surface area (TPSA) is 64.3 Å². The first-order chi connectivity index (χ1) is 8.95. The van der Waals surface area contributed by atoms with E-state index in [1.807, 2.05) is 13.8 Å². The van der Waals surface area contributed by atoms with Crippen LogP contribution in [0.15, 0.2) is 18.2 Å². The smallest absolute Gasteiger partial charge is 0.251 e. The molecule has 19 heavy (non-hydrogen) atoms. The Morgan fingerprint density at radius 2 is 2.05 bits per heavy atom. The lowest BCUT2D eigenvalue weighted by atomic mass is 9.94. The molecule has 1 amide bonds. The average molecular weight is 268 g/mol. The van der Waals surface area contributed by atoms with Crippen molar-refractivity contribution in [1.82, 2.24) is 5.32 Å². The highest BCUT2D eigenvalue weighted by Crippen LogP contribution is 2.17. The highest BCUT2D eigenvalue weighted by Gasteiger charge is 2.21. The number of rotatable bonds is 6. The number of carbonyl (C=O) groups excluding carboxylic acids is 1. The molecule has 3 N–H and O–H groups in total. The quantitative estimate of drug-likeness (QED) is 0.830. The second kappa shape index (κ2) is 6.52. The summed E-state index contributed by atoms with van der Waals surface area (Å²) in [6, 6.07) is 4.11. The minimum absolute atomic E-state index is 0.117. The average Bonchev–Trinajstić information content (AvgIpc) is 2.44. The third kappa shape index (κ3) is 3.92. The third-order valence-electron chi connectivity index (χ3n) is 3.42. The Hall–Kier alpha value is -1.62. The van der Waals surface area contributed by atoms with Gasteiger partial charge in [0.05, 0.1) is 7.11 Å². The summed E-state index contributed by atoms with van der Waals surface area (Å²) in [7, 11) is 1.38. The largest absolute Gasteiger partial charge is 0.494 e. The van der Waals surface area contributed by atoms with Gasteiger partial charge in [-0.3, -0.25) is 4.79 Å². The van der Waals surface area contributed by atoms with Gasteiger partial charge >= 0.3 is 0 Å². The number of nitrogens with two attached hydrogens (primary N) is 1. The number of halogens is 1. The van der Waals surface area contributed by atoms with Crippen LogP contribution in [-0.4, -0.2) is 25.1 Å². The molecule has 0 aliphatic carbocycles. The van der Waals surface area contributed by atoms with E-state index >= 15 is 0 Å². The van der Waals surface area contributed by atoms with Gasteiger partial charge in [-0.1, -0.05) is 13.8 Å². The van der Waals surface area contributed by atoms with E-state index in [4.69, 9.17) is 10.5 Å². The van der Waals surface area contributed by atoms with Gasteiger partial charge < -0.3 is 15.8 Å². The fourth-order valence-electron chi connectivity index (χ4n) is 1.67. The molecule has 0 bridgehead atoms. The molecule has 0 saturated heterocycles. The molecule has 0 saturated carbocycles. The van der Waals surface area contributed by atoms with Gasteiger partial charge in [-0.25, -0.2) is 4.39 Å². The molecule has 0 aliphatic rings. The van der Waals surface area contributed by atoms with Crippen molar-refractivity contribution in [2.45, 2.75) is 32.2 Å². The van der Waals surface area contributed by atoms with Gasteiger partial charge in [-0.15, -0.1) is 0 Å². The minimum Gasteiger partial charge on any atom is -0.494 e. The molecule has 1 rings (SSSR count). The number of ether oxygens (including phenoxy) is 1. The Balaban J connectivity index is 2.71. The second-order valence-electron chi connectivity index (χ2n) is 4.60. The van der Waals surface area contributed by atoms with E-state index in [-0.39, 0.29) is 17.2 Å². The molecule has 1 aromatic rings. The monoisotopic (exact) mass is 268 g/mol. The molecule has 0 radical (unpaired) electrons. The zero-order valence-electron chi connectivity index (χ0n) is 11.6. The Bertz CT molecular complexity index is 445. The van der Waals surface area contributed by atoms with Crippen LogP contribution in [-0.2, 0) is 0 Å². The molecular formula is C14H21FN2O2. The fourth-order valence-corrected chi connectivity index (χ4v) is 1.67. The van der Waals surface area contributed by atoms with Crippen LogP contribution in [0.1, 0.15) is 37.0 Å². The summed E-state index contributed by atoms with van der Waals surface area (Å²) in [4.78, 5) is 11.9. The van der Waals surface area contributed by atoms with Gasteiger partial charge in [0.1, 0.15) is 0 Å². The van der Waals surface area contributed by atoms with Gasteiger partial charge in [0.15, 0.2) is 11.6 Å². The number of amides is 1. The predicted octanol–water partition coefficient (Wildman–Crippen LogP) is 2.08. The lowest BCUT2D eigenvalue weighted by molar-refractivity contribution is 0.0941. The van der Waals surface area contributed by atoms with Crippen LogP contribution in [0.2, 0.25) is 0 Å². The molecule has 106 valence electrons. The van der Waals surface area contributed by atoms with Crippen molar-refractivity contribution >= 4 is 5.91 Å². The van der Waals surface area contributed by atoms with E-state index in [1.165, 1.54) is 19.2 Å². The standard InChI is InChI=1S/C14H21FN2O2/c1-4-14(16,5-2)9-17-13(18)10-6-7-12(19-3)11(15)8-10/h6-8H,4-5,9,16H2,1-3H3,(H,17,18). The van der Waals surface area contributed by atoms with Crippen LogP contribution in [0.25, 0.3) is 0 Å². The van der Waals surface area contributed by atoms with E-state index in [1.54, 1.807) is 0 Å². The van der Waals surface area contributed by atoms with Gasteiger partial charge in [-0.05, 0) is 31.0 Å². The van der Waals surface area contributed by atoms with Crippen LogP contribution >= 0.6 is 0 Å². The number of carbonyl (C=O) groups is 1. The normalized spacial score (nSPS) is 11.2. The highest BCUT2D eigenvalue weighted by atomic mass is 19.1. The number of methoxy groups -OCH3 is 1. The molecule has 5 heteroatoms. The van der Waals surface area contributed by atoms with Crippen molar-refractivity contribution in [2.75, 3.05) is 13.7 Å². The Morgan fingerprint density at radius 1 is 1.42 bits per heavy atom. The molecule has 0 unspecified atom stereocenters. The van der Waals surface area contributed by atoms with Crippen LogP contribution in [0.5, 0.6) is 5.75 Å². The van der Waals surface area contributed by atoms with Crippen molar-refractivity contribution in [2.24, 2.45) is 5.73 Å². The zero-order valence-corrected chi connectivity index (χ0v) is 11.6. The third-order valence-corrected chi connectivity index (χ3v) is 3.42. The summed E-state index contributed by atoms with van der Waals surface area (Å²) >= 11 is 0. The summed E-state index contributed by atoms with van der Waals surface area (Å²) in [6.07, 6.45) is 1.53. The van der Waals surface area contributed by atoms with Gasteiger partial charge in [0.2, 0.25) is 0 Å². The maximum Gasteiger partial charge on any atom is 0.251 e. The number of benzene rings is 1. The van der Waals surface area contributed by atoms with Crippen molar-refractivity contribution < 1.29 is 13.9 Å². The van der Waals surface area contributed by atoms with E-state index in [2.05, 4.69) is 5.32 Å². The Morgan fingerprint density at radius 3 is 2.53 bits per heavy atom. The SMILES string of the molecule is CCC(N)(CC)CNC(=O)c1ccc(OC)c(F)c1. The number of hydrogen-bond acceptors (Lipinski definition) is 3. The Kier molecular flexibility index (Phi) is 5.30. The van der Waals surface area contributed by atoms with E-state index in [0.717, 1.165) is 18.9 Å². The number of hydrogen-bond donors (Lipinski definition) is 2. The van der Waals surface area contributed by atoms with Gasteiger partial charge in [0.25, 0.3) is 5.91 Å². The number of nitrogens with one attached hydrogen (secondary N) is 1. The first-order valence-corrected chi connectivity index (χ1v) is 6.36. The van der Waals surface area contributed by atoms with Gasteiger partial charge in [-0.2, -0.15) is 0 Å². The van der Waals surface area contributed by atoms with E-state index in [9.17, 15) is 9.18 Å². The summed E-state index contributed by atoms with van der Waals surface area (Å²) in [6.45, 7) is 4.32. The fraction of sp³-hybridized carbons (Fsp3) is 0.500. The molecule has 0 atom stereocenters. The summed E-state index contributed by atoms with van der Waals surface area (Å²) in [5, 5.41) is 2.73. The first kappa shape index (κ1) is 15.4.